The minimum Gasteiger partial charge on any atom is -0.507 e. The Kier molecular flexibility index (Phi) is 4.81. The van der Waals surface area contributed by atoms with Crippen LogP contribution in [0, 0.1) is 12.7 Å². The molecular formula is C21H14FNO4S2. The fourth-order valence-corrected chi connectivity index (χ4v) is 4.80. The van der Waals surface area contributed by atoms with E-state index in [2.05, 4.69) is 5.32 Å². The van der Waals surface area contributed by atoms with Crippen LogP contribution in [0.15, 0.2) is 47.2 Å². The zero-order chi connectivity index (χ0) is 20.7. The second-order valence-corrected chi connectivity index (χ2v) is 8.25. The third-order valence-electron chi connectivity index (χ3n) is 4.46. The molecule has 0 aliphatic carbocycles. The average Bonchev–Trinajstić information content (AvgIpc) is 3.27. The number of rotatable bonds is 4. The highest BCUT2D eigenvalue weighted by atomic mass is 32.1. The lowest BCUT2D eigenvalue weighted by Crippen LogP contribution is -2.13. The van der Waals surface area contributed by atoms with Crippen molar-refractivity contribution < 1.29 is 24.2 Å². The number of aryl methyl sites for hydroxylation is 1. The number of thiophene rings is 2. The third-order valence-corrected chi connectivity index (χ3v) is 6.24. The van der Waals surface area contributed by atoms with Crippen LogP contribution in [0.1, 0.15) is 26.3 Å². The van der Waals surface area contributed by atoms with Crippen molar-refractivity contribution in [2.75, 3.05) is 5.32 Å². The minimum absolute atomic E-state index is 0.0312. The van der Waals surface area contributed by atoms with Crippen LogP contribution in [0.5, 0.6) is 5.75 Å². The number of nitrogens with one attached hydrogen (secondary N) is 1. The number of carboxylic acids is 1. The molecule has 0 radical (unpaired) electrons. The molecule has 0 aliphatic rings. The quantitative estimate of drug-likeness (QED) is 0.388. The molecule has 4 rings (SSSR count). The number of amides is 1. The van der Waals surface area contributed by atoms with Crippen molar-refractivity contribution in [1.29, 1.82) is 0 Å². The lowest BCUT2D eigenvalue weighted by molar-refractivity contribution is 0.0699. The summed E-state index contributed by atoms with van der Waals surface area (Å²) in [5.41, 5.74) is 0.886. The molecule has 0 atom stereocenters. The fraction of sp³-hybridized carbons (Fsp3) is 0.0476. The van der Waals surface area contributed by atoms with Crippen LogP contribution in [0.4, 0.5) is 9.39 Å². The van der Waals surface area contributed by atoms with Crippen LogP contribution in [-0.2, 0) is 0 Å². The largest absolute Gasteiger partial charge is 0.507 e. The van der Waals surface area contributed by atoms with E-state index < -0.39 is 17.7 Å². The van der Waals surface area contributed by atoms with Crippen LogP contribution in [0.3, 0.4) is 0 Å². The molecule has 0 saturated heterocycles. The molecule has 8 heteroatoms. The van der Waals surface area contributed by atoms with Crippen LogP contribution in [0.2, 0.25) is 0 Å². The van der Waals surface area contributed by atoms with Crippen molar-refractivity contribution in [2.45, 2.75) is 6.92 Å². The van der Waals surface area contributed by atoms with Crippen LogP contribution >= 0.6 is 22.7 Å². The van der Waals surface area contributed by atoms with Crippen LogP contribution in [-0.4, -0.2) is 22.1 Å². The van der Waals surface area contributed by atoms with Gasteiger partial charge in [0.2, 0.25) is 0 Å². The predicted octanol–water partition coefficient (Wildman–Crippen LogP) is 5.73. The molecule has 0 aliphatic heterocycles. The monoisotopic (exact) mass is 427 g/mol. The summed E-state index contributed by atoms with van der Waals surface area (Å²) in [6.45, 7) is 1.74. The highest BCUT2D eigenvalue weighted by molar-refractivity contribution is 7.17. The first kappa shape index (κ1) is 19.1. The number of carboxylic acid groups (broad SMARTS) is 1. The molecule has 0 bridgehead atoms. The zero-order valence-corrected chi connectivity index (χ0v) is 16.7. The van der Waals surface area contributed by atoms with E-state index in [4.69, 9.17) is 0 Å². The normalized spacial score (nSPS) is 11.0. The van der Waals surface area contributed by atoms with Crippen molar-refractivity contribution >= 4 is 49.6 Å². The van der Waals surface area contributed by atoms with Gasteiger partial charge in [-0.15, -0.1) is 22.7 Å². The summed E-state index contributed by atoms with van der Waals surface area (Å²) in [5.74, 6) is -2.66. The molecule has 2 heterocycles. The zero-order valence-electron chi connectivity index (χ0n) is 15.0. The molecule has 2 aromatic carbocycles. The molecule has 0 saturated carbocycles. The van der Waals surface area contributed by atoms with Crippen molar-refractivity contribution in [3.05, 3.63) is 69.7 Å². The Morgan fingerprint density at radius 3 is 2.59 bits per heavy atom. The Balaban J connectivity index is 1.73. The summed E-state index contributed by atoms with van der Waals surface area (Å²) < 4.78 is 15.2. The van der Waals surface area contributed by atoms with Crippen LogP contribution in [0.25, 0.3) is 21.2 Å². The molecule has 1 amide bonds. The van der Waals surface area contributed by atoms with Gasteiger partial charge in [-0.25, -0.2) is 9.18 Å². The van der Waals surface area contributed by atoms with Gasteiger partial charge < -0.3 is 15.5 Å². The first-order chi connectivity index (χ1) is 13.8. The number of anilines is 1. The molecule has 0 spiro atoms. The fourth-order valence-electron chi connectivity index (χ4n) is 3.05. The van der Waals surface area contributed by atoms with Crippen molar-refractivity contribution in [3.8, 4) is 16.9 Å². The number of aromatic hydroxyl groups is 1. The third kappa shape index (κ3) is 3.48. The van der Waals surface area contributed by atoms with E-state index in [0.717, 1.165) is 21.4 Å². The second kappa shape index (κ2) is 7.31. The summed E-state index contributed by atoms with van der Waals surface area (Å²) >= 11 is 2.42. The van der Waals surface area contributed by atoms with E-state index in [0.29, 0.717) is 5.56 Å². The van der Waals surface area contributed by atoms with Crippen LogP contribution < -0.4 is 5.32 Å². The molecule has 0 unspecified atom stereocenters. The van der Waals surface area contributed by atoms with Gasteiger partial charge in [0.15, 0.2) is 0 Å². The Bertz CT molecular complexity index is 1280. The molecular weight excluding hydrogens is 413 g/mol. The van der Waals surface area contributed by atoms with E-state index in [1.54, 1.807) is 19.1 Å². The minimum atomic E-state index is -1.28. The topological polar surface area (TPSA) is 86.6 Å². The molecule has 4 aromatic rings. The van der Waals surface area contributed by atoms with E-state index >= 15 is 0 Å². The summed E-state index contributed by atoms with van der Waals surface area (Å²) in [7, 11) is 0. The van der Waals surface area contributed by atoms with E-state index in [9.17, 15) is 24.2 Å². The number of phenols is 1. The molecule has 5 nitrogen and oxygen atoms in total. The van der Waals surface area contributed by atoms with Gasteiger partial charge in [-0.3, -0.25) is 4.79 Å². The Morgan fingerprint density at radius 2 is 1.86 bits per heavy atom. The number of aromatic carboxylic acids is 1. The maximum atomic E-state index is 14.4. The smallest absolute Gasteiger partial charge is 0.339 e. The Labute approximate surface area is 172 Å². The molecule has 3 N–H and O–H groups in total. The summed E-state index contributed by atoms with van der Waals surface area (Å²) in [5, 5.41) is 26.6. The predicted molar refractivity (Wildman–Crippen MR) is 113 cm³/mol. The molecule has 2 aromatic heterocycles. The van der Waals surface area contributed by atoms with Gasteiger partial charge in [0.1, 0.15) is 22.1 Å². The van der Waals surface area contributed by atoms with E-state index in [1.165, 1.54) is 34.9 Å². The highest BCUT2D eigenvalue weighted by Crippen LogP contribution is 2.38. The van der Waals surface area contributed by atoms with E-state index in [1.807, 2.05) is 11.4 Å². The lowest BCUT2D eigenvalue weighted by Gasteiger charge is -2.08. The number of carbonyl (C=O) groups is 2. The van der Waals surface area contributed by atoms with Crippen molar-refractivity contribution in [3.63, 3.8) is 0 Å². The summed E-state index contributed by atoms with van der Waals surface area (Å²) in [4.78, 5) is 24.6. The standard InChI is InChI=1S/C21H14FNO4S2/c1-10-2-3-12(15(22)6-10)14-9-29-20(18(14)21(26)27)23-19(25)13-7-11-4-5-28-17(11)8-16(13)24/h2-9,24H,1H3,(H,23,25)(H,26,27). The number of fused-ring (bicyclic) bond motifs is 1. The summed E-state index contributed by atoms with van der Waals surface area (Å²) in [6.07, 6.45) is 0. The number of benzene rings is 2. The van der Waals surface area contributed by atoms with Gasteiger partial charge in [-0.05, 0) is 47.5 Å². The second-order valence-electron chi connectivity index (χ2n) is 6.42. The van der Waals surface area contributed by atoms with Crippen molar-refractivity contribution in [1.82, 2.24) is 0 Å². The first-order valence-corrected chi connectivity index (χ1v) is 10.2. The number of carbonyl (C=O) groups excluding carboxylic acids is 1. The van der Waals surface area contributed by atoms with Gasteiger partial charge in [0.25, 0.3) is 5.91 Å². The highest BCUT2D eigenvalue weighted by Gasteiger charge is 2.24. The Morgan fingerprint density at radius 1 is 1.07 bits per heavy atom. The van der Waals surface area contributed by atoms with Gasteiger partial charge in [0, 0.05) is 21.2 Å². The van der Waals surface area contributed by atoms with E-state index in [-0.39, 0.29) is 33.0 Å². The molecule has 0 fully saturated rings. The number of halogens is 1. The van der Waals surface area contributed by atoms with Gasteiger partial charge in [-0.2, -0.15) is 0 Å². The maximum Gasteiger partial charge on any atom is 0.339 e. The Hall–Kier alpha value is -3.23. The average molecular weight is 427 g/mol. The molecule has 146 valence electrons. The maximum absolute atomic E-state index is 14.4. The SMILES string of the molecule is Cc1ccc(-c2csc(NC(=O)c3cc4ccsc4cc3O)c2C(=O)O)c(F)c1. The van der Waals surface area contributed by atoms with Gasteiger partial charge in [-0.1, -0.05) is 12.1 Å². The van der Waals surface area contributed by atoms with Gasteiger partial charge >= 0.3 is 5.97 Å². The van der Waals surface area contributed by atoms with Crippen molar-refractivity contribution in [2.24, 2.45) is 0 Å². The number of phenolic OH excluding ortho intramolecular Hbond substituents is 1. The number of hydrogen-bond donors (Lipinski definition) is 3. The molecule has 29 heavy (non-hydrogen) atoms. The first-order valence-electron chi connectivity index (χ1n) is 8.48. The van der Waals surface area contributed by atoms with Gasteiger partial charge in [0.05, 0.1) is 5.56 Å². The number of hydrogen-bond acceptors (Lipinski definition) is 5. The lowest BCUT2D eigenvalue weighted by atomic mass is 10.0. The summed E-state index contributed by atoms with van der Waals surface area (Å²) in [6, 6.07) is 9.39.